The van der Waals surface area contributed by atoms with Gasteiger partial charge in [0.25, 0.3) is 19.7 Å². The van der Waals surface area contributed by atoms with E-state index >= 15 is 0 Å². The van der Waals surface area contributed by atoms with Crippen LogP contribution in [0.3, 0.4) is 0 Å². The minimum Gasteiger partial charge on any atom is -0.344 e. The Morgan fingerprint density at radius 1 is 0.828 bits per heavy atom. The lowest BCUT2D eigenvalue weighted by atomic mass is 9.89. The van der Waals surface area contributed by atoms with E-state index in [2.05, 4.69) is 0 Å². The Kier molecular flexibility index (Phi) is 7.76. The largest absolute Gasteiger partial charge is 0.498 e. The summed E-state index contributed by atoms with van der Waals surface area (Å²) in [7, 11) is -14.5. The molecule has 0 aliphatic rings. The van der Waals surface area contributed by atoms with Crippen LogP contribution >= 0.6 is 0 Å². The quantitative estimate of drug-likeness (QED) is 0.555. The lowest BCUT2D eigenvalue weighted by Crippen LogP contribution is -2.54. The van der Waals surface area contributed by atoms with E-state index in [4.69, 9.17) is 0 Å². The molecular weight excluding hydrogens is 473 g/mol. The first-order chi connectivity index (χ1) is 12.4. The molecule has 0 aromatic carbocycles. The highest BCUT2D eigenvalue weighted by atomic mass is 32.3. The van der Waals surface area contributed by atoms with Crippen molar-refractivity contribution in [1.29, 1.82) is 0 Å². The molecule has 0 aromatic rings. The summed E-state index contributed by atoms with van der Waals surface area (Å²) >= 11 is 0. The molecular formula is C12H16F9NO5S2. The highest BCUT2D eigenvalue weighted by molar-refractivity contribution is 8.09. The Bertz CT molecular complexity index is 766. The van der Waals surface area contributed by atoms with Gasteiger partial charge < -0.3 is 5.32 Å². The summed E-state index contributed by atoms with van der Waals surface area (Å²) in [5.74, 6) is -1.49. The summed E-state index contributed by atoms with van der Waals surface area (Å²) in [4.78, 5) is 11.9. The van der Waals surface area contributed by atoms with Gasteiger partial charge in [-0.2, -0.15) is 39.5 Å². The monoisotopic (exact) mass is 489 g/mol. The number of amides is 1. The van der Waals surface area contributed by atoms with Gasteiger partial charge in [0.1, 0.15) is 6.04 Å². The average molecular weight is 489 g/mol. The van der Waals surface area contributed by atoms with E-state index < -0.39 is 65.2 Å². The van der Waals surface area contributed by atoms with Gasteiger partial charge in [-0.05, 0) is 6.42 Å². The number of hydrogen-bond donors (Lipinski definition) is 1. The zero-order chi connectivity index (χ0) is 23.9. The first-order valence-corrected chi connectivity index (χ1v) is 10.5. The second-order valence-corrected chi connectivity index (χ2v) is 11.0. The summed E-state index contributed by atoms with van der Waals surface area (Å²) in [6.07, 6.45) is -8.63. The third kappa shape index (κ3) is 6.11. The Balaban J connectivity index is 6.50. The number of hydrogen-bond acceptors (Lipinski definition) is 5. The van der Waals surface area contributed by atoms with Crippen molar-refractivity contribution in [3.8, 4) is 0 Å². The van der Waals surface area contributed by atoms with Crippen molar-refractivity contribution in [3.05, 3.63) is 0 Å². The molecule has 17 heteroatoms. The van der Waals surface area contributed by atoms with E-state index in [1.807, 2.05) is 0 Å². The van der Waals surface area contributed by atoms with Crippen molar-refractivity contribution in [2.45, 2.75) is 61.4 Å². The molecule has 0 fully saturated rings. The van der Waals surface area contributed by atoms with Crippen LogP contribution in [0.15, 0.2) is 0 Å². The fraction of sp³-hybridized carbons (Fsp3) is 0.917. The summed E-state index contributed by atoms with van der Waals surface area (Å²) in [6.45, 7) is 3.51. The number of sulfone groups is 2. The zero-order valence-electron chi connectivity index (χ0n) is 14.8. The summed E-state index contributed by atoms with van der Waals surface area (Å²) in [6, 6.07) is -3.62. The van der Waals surface area contributed by atoms with Gasteiger partial charge in [0, 0.05) is 11.8 Å². The maximum atomic E-state index is 13.1. The van der Waals surface area contributed by atoms with Crippen LogP contribution in [-0.4, -0.2) is 50.6 Å². The molecule has 1 atom stereocenters. The molecule has 0 saturated heterocycles. The Morgan fingerprint density at radius 3 is 1.41 bits per heavy atom. The fourth-order valence-corrected chi connectivity index (χ4v) is 5.18. The first kappa shape index (κ1) is 27.7. The van der Waals surface area contributed by atoms with Crippen molar-refractivity contribution in [2.24, 2.45) is 5.41 Å². The maximum absolute atomic E-state index is 13.1. The van der Waals surface area contributed by atoms with E-state index in [0.29, 0.717) is 0 Å². The maximum Gasteiger partial charge on any atom is 0.498 e. The SMILES string of the molecule is CCC(C)(C)C(=O)NC(CC(S(=O)(=O)C(F)(F)F)S(=O)(=O)C(F)(F)F)C(F)(F)F. The molecule has 174 valence electrons. The summed E-state index contributed by atoms with van der Waals surface area (Å²) in [5.41, 5.74) is -14.8. The second-order valence-electron chi connectivity index (χ2n) is 6.45. The Labute approximate surface area is 159 Å². The van der Waals surface area contributed by atoms with Gasteiger partial charge in [-0.25, -0.2) is 16.8 Å². The van der Waals surface area contributed by atoms with Crippen LogP contribution in [0.2, 0.25) is 0 Å². The van der Waals surface area contributed by atoms with Crippen LogP contribution in [0.5, 0.6) is 0 Å². The van der Waals surface area contributed by atoms with Crippen LogP contribution in [0.25, 0.3) is 0 Å². The fourth-order valence-electron chi connectivity index (χ4n) is 1.70. The highest BCUT2D eigenvalue weighted by Crippen LogP contribution is 2.40. The predicted molar refractivity (Wildman–Crippen MR) is 80.4 cm³/mol. The van der Waals surface area contributed by atoms with Gasteiger partial charge in [0.15, 0.2) is 4.58 Å². The molecule has 0 heterocycles. The number of carbonyl (C=O) groups excluding carboxylic acids is 1. The molecule has 29 heavy (non-hydrogen) atoms. The minimum absolute atomic E-state index is 0.117. The summed E-state index contributed by atoms with van der Waals surface area (Å²) in [5, 5.41) is 1.10. The molecule has 0 bridgehead atoms. The van der Waals surface area contributed by atoms with Crippen LogP contribution < -0.4 is 5.32 Å². The van der Waals surface area contributed by atoms with Gasteiger partial charge in [-0.1, -0.05) is 20.8 Å². The lowest BCUT2D eigenvalue weighted by Gasteiger charge is -2.30. The predicted octanol–water partition coefficient (Wildman–Crippen LogP) is 3.06. The van der Waals surface area contributed by atoms with Crippen molar-refractivity contribution in [1.82, 2.24) is 5.32 Å². The van der Waals surface area contributed by atoms with Gasteiger partial charge >= 0.3 is 17.2 Å². The molecule has 0 aliphatic carbocycles. The van der Waals surface area contributed by atoms with Crippen molar-refractivity contribution in [3.63, 3.8) is 0 Å². The van der Waals surface area contributed by atoms with Gasteiger partial charge in [-0.15, -0.1) is 0 Å². The highest BCUT2D eigenvalue weighted by Gasteiger charge is 2.64. The number of rotatable bonds is 7. The molecule has 1 amide bonds. The number of carbonyl (C=O) groups is 1. The van der Waals surface area contributed by atoms with Crippen molar-refractivity contribution >= 4 is 25.6 Å². The van der Waals surface area contributed by atoms with Crippen LogP contribution in [0, 0.1) is 5.41 Å². The average Bonchev–Trinajstić information content (AvgIpc) is 2.46. The van der Waals surface area contributed by atoms with E-state index in [-0.39, 0.29) is 6.42 Å². The molecule has 0 aromatic heterocycles. The van der Waals surface area contributed by atoms with Crippen LogP contribution in [-0.2, 0) is 24.5 Å². The third-order valence-corrected chi connectivity index (χ3v) is 8.54. The normalized spacial score (nSPS) is 16.0. The first-order valence-electron chi connectivity index (χ1n) is 7.41. The van der Waals surface area contributed by atoms with Crippen molar-refractivity contribution in [2.75, 3.05) is 0 Å². The molecule has 0 radical (unpaired) electrons. The molecule has 6 nitrogen and oxygen atoms in total. The van der Waals surface area contributed by atoms with Crippen molar-refractivity contribution < 1.29 is 61.1 Å². The van der Waals surface area contributed by atoms with Gasteiger partial charge in [0.2, 0.25) is 5.91 Å². The van der Waals surface area contributed by atoms with Gasteiger partial charge in [-0.3, -0.25) is 4.79 Å². The third-order valence-electron chi connectivity index (χ3n) is 3.96. The lowest BCUT2D eigenvalue weighted by molar-refractivity contribution is -0.165. The van der Waals surface area contributed by atoms with Gasteiger partial charge in [0.05, 0.1) is 0 Å². The topological polar surface area (TPSA) is 97.4 Å². The molecule has 0 spiro atoms. The number of nitrogens with one attached hydrogen (secondary N) is 1. The zero-order valence-corrected chi connectivity index (χ0v) is 16.5. The molecule has 1 N–H and O–H groups in total. The second kappa shape index (κ2) is 8.11. The van der Waals surface area contributed by atoms with Crippen LogP contribution in [0.4, 0.5) is 39.5 Å². The van der Waals surface area contributed by atoms with E-state index in [0.717, 1.165) is 19.2 Å². The molecule has 1 unspecified atom stereocenters. The minimum atomic E-state index is -7.27. The molecule has 0 aliphatic heterocycles. The van der Waals surface area contributed by atoms with E-state index in [1.165, 1.54) is 6.92 Å². The number of halogens is 9. The van der Waals surface area contributed by atoms with Crippen LogP contribution in [0.1, 0.15) is 33.6 Å². The molecule has 0 saturated carbocycles. The number of alkyl halides is 9. The molecule has 0 rings (SSSR count). The van der Waals surface area contributed by atoms with E-state index in [1.54, 1.807) is 0 Å². The van der Waals surface area contributed by atoms with E-state index in [9.17, 15) is 61.1 Å². The summed E-state index contributed by atoms with van der Waals surface area (Å²) < 4.78 is 156. The standard InChI is InChI=1S/C12H16F9NO5S2/c1-4-9(2,3)8(23)22-6(10(13,14)15)5-7(28(24,25)11(16,17)18)29(26,27)12(19,20)21/h6-7H,4-5H2,1-3H3,(H,22,23). The smallest absolute Gasteiger partial charge is 0.344 e. The Morgan fingerprint density at radius 2 is 1.17 bits per heavy atom. The Hall–Kier alpha value is -1.26.